The van der Waals surface area contributed by atoms with Gasteiger partial charge in [0.15, 0.2) is 0 Å². The molecule has 0 aromatic heterocycles. The van der Waals surface area contributed by atoms with E-state index < -0.39 is 0 Å². The highest BCUT2D eigenvalue weighted by Gasteiger charge is 2.21. The molecule has 6 heteroatoms. The first kappa shape index (κ1) is 24.4. The van der Waals surface area contributed by atoms with Gasteiger partial charge < -0.3 is 0 Å². The second kappa shape index (κ2) is 12.6. The van der Waals surface area contributed by atoms with Crippen LogP contribution in [0.4, 0.5) is 14.5 Å². The highest BCUT2D eigenvalue weighted by molar-refractivity contribution is 8.18. The summed E-state index contributed by atoms with van der Waals surface area (Å²) in [5.74, 6) is -0.470. The highest BCUT2D eigenvalue weighted by atomic mass is 32.2. The van der Waals surface area contributed by atoms with Crippen LogP contribution in [0.15, 0.2) is 93.6 Å². The first-order chi connectivity index (χ1) is 16.1. The number of rotatable bonds is 8. The van der Waals surface area contributed by atoms with Crippen LogP contribution in [0.5, 0.6) is 0 Å². The van der Waals surface area contributed by atoms with Crippen LogP contribution in [0.1, 0.15) is 38.5 Å². The van der Waals surface area contributed by atoms with Crippen molar-refractivity contribution in [1.29, 1.82) is 0 Å². The third-order valence-electron chi connectivity index (χ3n) is 5.37. The number of nitrogens with zero attached hydrogens (tertiary/aromatic N) is 1. The fourth-order valence-corrected chi connectivity index (χ4v) is 7.84. The van der Waals surface area contributed by atoms with Crippen molar-refractivity contribution in [3.05, 3.63) is 90.5 Å². The Bertz CT molecular complexity index is 970. The number of halogens is 2. The van der Waals surface area contributed by atoms with Crippen LogP contribution in [-0.4, -0.2) is 14.9 Å². The molecule has 33 heavy (non-hydrogen) atoms. The molecule has 0 radical (unpaired) electrons. The third kappa shape index (κ3) is 8.20. The van der Waals surface area contributed by atoms with Crippen molar-refractivity contribution in [3.8, 4) is 0 Å². The van der Waals surface area contributed by atoms with Crippen LogP contribution < -0.4 is 0 Å². The zero-order valence-electron chi connectivity index (χ0n) is 18.3. The van der Waals surface area contributed by atoms with E-state index >= 15 is 0 Å². The van der Waals surface area contributed by atoms with Gasteiger partial charge in [-0.25, -0.2) is 13.8 Å². The van der Waals surface area contributed by atoms with Gasteiger partial charge in [-0.05, 0) is 73.5 Å². The third-order valence-corrected chi connectivity index (χ3v) is 9.23. The molecule has 0 unspecified atom stereocenters. The number of aliphatic imine (C=N–C) groups is 1. The minimum absolute atomic E-state index is 0.125. The average molecular weight is 500 g/mol. The van der Waals surface area contributed by atoms with E-state index in [1.165, 1.54) is 56.4 Å². The lowest BCUT2D eigenvalue weighted by Crippen LogP contribution is -2.13. The summed E-state index contributed by atoms with van der Waals surface area (Å²) in [6.07, 6.45) is 7.15. The molecule has 0 heterocycles. The van der Waals surface area contributed by atoms with Crippen LogP contribution in [0, 0.1) is 11.6 Å². The van der Waals surface area contributed by atoms with Crippen molar-refractivity contribution < 1.29 is 8.78 Å². The van der Waals surface area contributed by atoms with Crippen LogP contribution in [0.2, 0.25) is 0 Å². The van der Waals surface area contributed by atoms with Gasteiger partial charge in [-0.2, -0.15) is 0 Å². The zero-order valence-corrected chi connectivity index (χ0v) is 20.8. The fraction of sp³-hybridized carbons (Fsp3) is 0.296. The van der Waals surface area contributed by atoms with Crippen molar-refractivity contribution in [2.24, 2.45) is 4.99 Å². The molecule has 0 aliphatic heterocycles. The Labute approximate surface area is 207 Å². The van der Waals surface area contributed by atoms with E-state index in [9.17, 15) is 8.78 Å². The average Bonchev–Trinajstić information content (AvgIpc) is 2.83. The summed E-state index contributed by atoms with van der Waals surface area (Å²) in [5.41, 5.74) is 0.966. The molecule has 1 fully saturated rings. The molecule has 1 aliphatic carbocycles. The lowest BCUT2D eigenvalue weighted by atomic mass is 10.0. The van der Waals surface area contributed by atoms with Gasteiger partial charge in [0.25, 0.3) is 0 Å². The summed E-state index contributed by atoms with van der Waals surface area (Å²) in [4.78, 5) is 7.06. The molecule has 0 bridgehead atoms. The maximum absolute atomic E-state index is 13.4. The Morgan fingerprint density at radius 2 is 1.30 bits per heavy atom. The number of hydrogen-bond donors (Lipinski definition) is 0. The highest BCUT2D eigenvalue weighted by Crippen LogP contribution is 2.41. The quantitative estimate of drug-likeness (QED) is 0.133. The molecular formula is C27H27F2NS3. The van der Waals surface area contributed by atoms with E-state index in [1.54, 1.807) is 23.5 Å². The molecule has 1 saturated carbocycles. The Morgan fingerprint density at radius 3 is 1.85 bits per heavy atom. The van der Waals surface area contributed by atoms with Crippen molar-refractivity contribution in [3.63, 3.8) is 0 Å². The molecule has 0 N–H and O–H groups in total. The first-order valence-electron chi connectivity index (χ1n) is 11.3. The molecule has 1 nitrogen and oxygen atoms in total. The van der Waals surface area contributed by atoms with Crippen LogP contribution in [-0.2, 0) is 0 Å². The second-order valence-corrected chi connectivity index (χ2v) is 12.2. The topological polar surface area (TPSA) is 12.4 Å². The number of hydrogen-bond acceptors (Lipinski definition) is 4. The maximum atomic E-state index is 13.4. The predicted molar refractivity (Wildman–Crippen MR) is 141 cm³/mol. The normalized spacial score (nSPS) is 15.2. The molecule has 0 saturated heterocycles. The molecular weight excluding hydrogens is 473 g/mol. The van der Waals surface area contributed by atoms with E-state index in [2.05, 4.69) is 0 Å². The summed E-state index contributed by atoms with van der Waals surface area (Å²) in [5, 5.41) is 1.73. The summed E-state index contributed by atoms with van der Waals surface area (Å²) < 4.78 is 27.0. The van der Waals surface area contributed by atoms with Gasteiger partial charge in [0.1, 0.15) is 11.6 Å². The molecule has 3 aromatic rings. The first-order valence-corrected chi connectivity index (χ1v) is 13.9. The Kier molecular flexibility index (Phi) is 9.33. The standard InChI is InChI=1S/C27H27F2NS3/c28-20-11-15-24(16-12-20)32-27(33-25-17-13-21(29)14-18-25)19-26(30-22-7-3-1-4-8-22)31-23-9-5-2-6-10-23/h1,3-4,7-8,11-18,23,27H,2,5-6,9-10,19H2. The minimum atomic E-state index is -0.235. The molecule has 0 spiro atoms. The van der Waals surface area contributed by atoms with E-state index in [4.69, 9.17) is 4.99 Å². The lowest BCUT2D eigenvalue weighted by molar-refractivity contribution is 0.517. The van der Waals surface area contributed by atoms with Crippen LogP contribution in [0.25, 0.3) is 0 Å². The van der Waals surface area contributed by atoms with Crippen molar-refractivity contribution in [1.82, 2.24) is 0 Å². The Hall–Kier alpha value is -1.76. The maximum Gasteiger partial charge on any atom is 0.123 e. The summed E-state index contributed by atoms with van der Waals surface area (Å²) >= 11 is 5.33. The summed E-state index contributed by atoms with van der Waals surface area (Å²) in [6, 6.07) is 23.4. The van der Waals surface area contributed by atoms with Crippen molar-refractivity contribution in [2.75, 3.05) is 0 Å². The van der Waals surface area contributed by atoms with E-state index in [0.29, 0.717) is 5.25 Å². The Balaban J connectivity index is 1.57. The van der Waals surface area contributed by atoms with Crippen molar-refractivity contribution in [2.45, 2.75) is 58.1 Å². The zero-order chi connectivity index (χ0) is 22.9. The SMILES string of the molecule is Fc1ccc(SC(CC(=Nc2ccccc2)SC2CCCCC2)Sc2ccc(F)cc2)cc1. The largest absolute Gasteiger partial charge is 0.247 e. The monoisotopic (exact) mass is 499 g/mol. The van der Waals surface area contributed by atoms with Crippen LogP contribution >= 0.6 is 35.3 Å². The number of para-hydroxylation sites is 1. The minimum Gasteiger partial charge on any atom is -0.247 e. The van der Waals surface area contributed by atoms with E-state index in [0.717, 1.165) is 26.9 Å². The molecule has 3 aromatic carbocycles. The Morgan fingerprint density at radius 1 is 0.758 bits per heavy atom. The number of thioether (sulfide) groups is 3. The van der Waals surface area contributed by atoms with Crippen molar-refractivity contribution >= 4 is 46.0 Å². The molecule has 0 amide bonds. The van der Waals surface area contributed by atoms with Gasteiger partial charge in [-0.1, -0.05) is 37.5 Å². The van der Waals surface area contributed by atoms with E-state index in [1.807, 2.05) is 66.4 Å². The summed E-state index contributed by atoms with van der Waals surface area (Å²) in [6.45, 7) is 0. The smallest absolute Gasteiger partial charge is 0.123 e. The van der Waals surface area contributed by atoms with Gasteiger partial charge in [0.05, 0.1) is 15.3 Å². The molecule has 0 atom stereocenters. The second-order valence-electron chi connectivity index (χ2n) is 8.00. The van der Waals surface area contributed by atoms with E-state index in [-0.39, 0.29) is 16.2 Å². The number of benzene rings is 3. The summed E-state index contributed by atoms with van der Waals surface area (Å²) in [7, 11) is 0. The van der Waals surface area contributed by atoms with Gasteiger partial charge in [-0.3, -0.25) is 0 Å². The van der Waals surface area contributed by atoms with Gasteiger partial charge in [0.2, 0.25) is 0 Å². The lowest BCUT2D eigenvalue weighted by Gasteiger charge is -2.24. The van der Waals surface area contributed by atoms with Gasteiger partial charge >= 0.3 is 0 Å². The molecule has 4 rings (SSSR count). The fourth-order valence-electron chi connectivity index (χ4n) is 3.72. The molecule has 1 aliphatic rings. The predicted octanol–water partition coefficient (Wildman–Crippen LogP) is 9.36. The molecule has 172 valence electrons. The van der Waals surface area contributed by atoms with Gasteiger partial charge in [-0.15, -0.1) is 35.3 Å². The van der Waals surface area contributed by atoms with Crippen LogP contribution in [0.3, 0.4) is 0 Å². The van der Waals surface area contributed by atoms with Gasteiger partial charge in [0, 0.05) is 21.5 Å².